The van der Waals surface area contributed by atoms with E-state index in [2.05, 4.69) is 143 Å². The molecule has 5 heterocycles. The fraction of sp³-hybridized carbons (Fsp3) is 0.178. The van der Waals surface area contributed by atoms with Crippen molar-refractivity contribution in [1.29, 1.82) is 0 Å². The summed E-state index contributed by atoms with van der Waals surface area (Å²) in [6, 6.07) is 56.5. The van der Waals surface area contributed by atoms with Gasteiger partial charge in [-0.2, -0.15) is 0 Å². The highest BCUT2D eigenvalue weighted by molar-refractivity contribution is 7.05. The molecule has 2 fully saturated rings. The third-order valence-corrected chi connectivity index (χ3v) is 23.4. The number of anilines is 6. The van der Waals surface area contributed by atoms with E-state index in [1.807, 2.05) is 6.20 Å². The summed E-state index contributed by atoms with van der Waals surface area (Å²) in [5, 5.41) is 10.1. The molecule has 6 aromatic carbocycles. The third-order valence-electron chi connectivity index (χ3n) is 12.7. The van der Waals surface area contributed by atoms with Crippen LogP contribution in [-0.4, -0.2) is 21.1 Å². The number of aromatic nitrogens is 1. The Labute approximate surface area is 295 Å². The number of hydrogen-bond acceptors (Lipinski definition) is 3. The lowest BCUT2D eigenvalue weighted by Crippen LogP contribution is -2.61. The molecular formula is C45H39N3Si2. The smallest absolute Gasteiger partial charge is 0.123 e. The third kappa shape index (κ3) is 3.71. The number of rotatable bonds is 2. The van der Waals surface area contributed by atoms with Gasteiger partial charge in [-0.3, -0.25) is 4.98 Å². The lowest BCUT2D eigenvalue weighted by atomic mass is 9.98. The van der Waals surface area contributed by atoms with Crippen LogP contribution in [0.15, 0.2) is 140 Å². The molecule has 2 saturated heterocycles. The molecule has 0 amide bonds. The predicted octanol–water partition coefficient (Wildman–Crippen LogP) is 9.67. The molecule has 0 saturated carbocycles. The molecule has 242 valence electrons. The first-order chi connectivity index (χ1) is 24.8. The van der Waals surface area contributed by atoms with Crippen LogP contribution in [0.3, 0.4) is 0 Å². The van der Waals surface area contributed by atoms with Crippen LogP contribution in [-0.2, 0) is 0 Å². The van der Waals surface area contributed by atoms with E-state index in [0.717, 1.165) is 5.52 Å². The summed E-state index contributed by atoms with van der Waals surface area (Å²) in [5.74, 6) is 0. The largest absolute Gasteiger partial charge is 0.309 e. The maximum Gasteiger partial charge on any atom is 0.123 e. The number of fused-ring (bicyclic) bond motifs is 10. The van der Waals surface area contributed by atoms with Gasteiger partial charge in [0.15, 0.2) is 0 Å². The number of pyridine rings is 1. The van der Waals surface area contributed by atoms with Gasteiger partial charge in [0.2, 0.25) is 0 Å². The minimum atomic E-state index is -1.87. The van der Waals surface area contributed by atoms with Gasteiger partial charge in [0.05, 0.1) is 16.9 Å². The molecule has 0 aliphatic carbocycles. The van der Waals surface area contributed by atoms with Crippen molar-refractivity contribution < 1.29 is 0 Å². The van der Waals surface area contributed by atoms with E-state index in [0.29, 0.717) is 0 Å². The van der Waals surface area contributed by atoms with E-state index in [9.17, 15) is 0 Å². The first-order valence-electron chi connectivity index (χ1n) is 18.6. The molecular weight excluding hydrogens is 639 g/mol. The Balaban J connectivity index is 1.25. The van der Waals surface area contributed by atoms with Gasteiger partial charge in [0.1, 0.15) is 16.1 Å². The second-order valence-electron chi connectivity index (χ2n) is 15.0. The Bertz CT molecular complexity index is 2160. The highest BCUT2D eigenvalue weighted by Gasteiger charge is 2.49. The van der Waals surface area contributed by atoms with E-state index in [-0.39, 0.29) is 0 Å². The van der Waals surface area contributed by atoms with Crippen molar-refractivity contribution in [2.45, 2.75) is 49.9 Å². The number of para-hydroxylation sites is 4. The molecule has 1 aromatic heterocycles. The molecule has 4 aliphatic heterocycles. The first-order valence-corrected chi connectivity index (χ1v) is 23.4. The number of benzene rings is 6. The predicted molar refractivity (Wildman–Crippen MR) is 216 cm³/mol. The quantitative estimate of drug-likeness (QED) is 0.134. The molecule has 3 nitrogen and oxygen atoms in total. The molecule has 50 heavy (non-hydrogen) atoms. The molecule has 0 unspecified atom stereocenters. The van der Waals surface area contributed by atoms with Gasteiger partial charge in [-0.15, -0.1) is 0 Å². The Hall–Kier alpha value is -4.98. The Morgan fingerprint density at radius 2 is 0.740 bits per heavy atom. The second kappa shape index (κ2) is 10.8. The Morgan fingerprint density at radius 3 is 1.20 bits per heavy atom. The average Bonchev–Trinajstić information content (AvgIpc) is 3.88. The molecule has 2 spiro atoms. The maximum atomic E-state index is 5.33. The number of hydrogen-bond donors (Lipinski definition) is 0. The van der Waals surface area contributed by atoms with Crippen molar-refractivity contribution in [3.8, 4) is 0 Å². The van der Waals surface area contributed by atoms with E-state index >= 15 is 0 Å². The van der Waals surface area contributed by atoms with Gasteiger partial charge in [-0.1, -0.05) is 123 Å². The monoisotopic (exact) mass is 677 g/mol. The molecule has 11 rings (SSSR count). The van der Waals surface area contributed by atoms with Crippen LogP contribution in [0.1, 0.15) is 25.7 Å². The zero-order chi connectivity index (χ0) is 32.9. The van der Waals surface area contributed by atoms with Crippen molar-refractivity contribution in [3.63, 3.8) is 0 Å². The number of nitrogens with zero attached hydrogens (tertiary/aromatic N) is 3. The molecule has 0 radical (unpaired) electrons. The van der Waals surface area contributed by atoms with Gasteiger partial charge in [0.25, 0.3) is 0 Å². The van der Waals surface area contributed by atoms with Crippen molar-refractivity contribution in [3.05, 3.63) is 140 Å². The fourth-order valence-electron chi connectivity index (χ4n) is 10.8. The molecule has 5 heteroatoms. The van der Waals surface area contributed by atoms with Gasteiger partial charge in [-0.05, 0) is 81.3 Å². The molecule has 7 aromatic rings. The summed E-state index contributed by atoms with van der Waals surface area (Å²) in [6.07, 6.45) is 7.34. The fourth-order valence-corrected chi connectivity index (χ4v) is 21.8. The lowest BCUT2D eigenvalue weighted by molar-refractivity contribution is 0.935. The van der Waals surface area contributed by atoms with E-state index in [1.165, 1.54) is 100 Å². The zero-order valence-electron chi connectivity index (χ0n) is 28.3. The average molecular weight is 678 g/mol. The van der Waals surface area contributed by atoms with Crippen molar-refractivity contribution in [2.24, 2.45) is 0 Å². The molecule has 0 atom stereocenters. The summed E-state index contributed by atoms with van der Waals surface area (Å²) >= 11 is 0. The minimum Gasteiger partial charge on any atom is -0.309 e. The summed E-state index contributed by atoms with van der Waals surface area (Å²) < 4.78 is 0. The summed E-state index contributed by atoms with van der Waals surface area (Å²) in [6.45, 7) is 0. The van der Waals surface area contributed by atoms with Crippen LogP contribution in [0, 0.1) is 0 Å². The highest BCUT2D eigenvalue weighted by Crippen LogP contribution is 2.53. The van der Waals surface area contributed by atoms with Crippen molar-refractivity contribution >= 4 is 92.7 Å². The van der Waals surface area contributed by atoms with Crippen LogP contribution in [0.2, 0.25) is 24.2 Å². The van der Waals surface area contributed by atoms with E-state index < -0.39 is 16.1 Å². The Kier molecular flexibility index (Phi) is 6.20. The van der Waals surface area contributed by atoms with Crippen LogP contribution in [0.5, 0.6) is 0 Å². The lowest BCUT2D eigenvalue weighted by Gasteiger charge is -2.44. The molecule has 4 aliphatic rings. The Morgan fingerprint density at radius 1 is 0.380 bits per heavy atom. The maximum absolute atomic E-state index is 5.33. The highest BCUT2D eigenvalue weighted by atomic mass is 28.3. The molecule has 0 bridgehead atoms. The van der Waals surface area contributed by atoms with E-state index in [4.69, 9.17) is 4.98 Å². The summed E-state index contributed by atoms with van der Waals surface area (Å²) in [7, 11) is -3.74. The summed E-state index contributed by atoms with van der Waals surface area (Å²) in [5.41, 5.74) is 8.94. The first kappa shape index (κ1) is 28.8. The standard InChI is InChI=1S/C45H39N3Si2/c1-2-17-33-32(16-1)44(47-35-19-3-7-23-39(35)49(28-11-12-29-49)40-24-8-4-20-36(40)47)34-18-15-27-46-43(34)45(33)48-37-21-5-9-25-41(37)50(30-13-14-31-50)42-26-10-6-22-38(42)48/h1-10,15-27H,11-14,28-31H2. The van der Waals surface area contributed by atoms with E-state index in [1.54, 1.807) is 20.7 Å². The normalized spacial score (nSPS) is 18.0. The van der Waals surface area contributed by atoms with Gasteiger partial charge in [-0.25, -0.2) is 0 Å². The second-order valence-corrected chi connectivity index (χ2v) is 23.4. The zero-order valence-corrected chi connectivity index (χ0v) is 30.3. The van der Waals surface area contributed by atoms with Crippen LogP contribution < -0.4 is 30.5 Å². The minimum absolute atomic E-state index is 1.06. The topological polar surface area (TPSA) is 19.4 Å². The van der Waals surface area contributed by atoms with Crippen LogP contribution in [0.25, 0.3) is 21.7 Å². The van der Waals surface area contributed by atoms with Gasteiger partial charge < -0.3 is 9.80 Å². The van der Waals surface area contributed by atoms with Gasteiger partial charge in [0, 0.05) is 45.1 Å². The van der Waals surface area contributed by atoms with Crippen molar-refractivity contribution in [2.75, 3.05) is 9.80 Å². The van der Waals surface area contributed by atoms with Crippen molar-refractivity contribution in [1.82, 2.24) is 4.98 Å². The molecule has 0 N–H and O–H groups in total. The SMILES string of the molecule is c1ccc2c(c1)N(c1c3ccccc3c(N3c4ccccc4[Si]4(CCCC4)c4ccccc43)c3ncccc13)c1ccccc1[Si]21CCCC1. The van der Waals surface area contributed by atoms with Gasteiger partial charge >= 0.3 is 0 Å². The van der Waals surface area contributed by atoms with Crippen LogP contribution >= 0.6 is 0 Å². The van der Waals surface area contributed by atoms with Crippen LogP contribution in [0.4, 0.5) is 34.1 Å². The summed E-state index contributed by atoms with van der Waals surface area (Å²) in [4.78, 5) is 10.6.